The number of rotatable bonds is 2. The van der Waals surface area contributed by atoms with Crippen molar-refractivity contribution in [2.24, 2.45) is 0 Å². The standard InChI is InChI=1S/C20H23ClN4O3/c1-19(2,3)28-18(26)24-20(4)7-8-25(10-20)17-16-15(22-11-23-17)13-9-12(21)5-6-14(13)27-16/h5-6,9,11H,7-8,10H2,1-4H3,(H,24,26). The molecule has 4 rings (SSSR count). The highest BCUT2D eigenvalue weighted by Crippen LogP contribution is 2.36. The van der Waals surface area contributed by atoms with Gasteiger partial charge in [-0.3, -0.25) is 0 Å². The molecule has 1 aliphatic heterocycles. The number of benzene rings is 1. The van der Waals surface area contributed by atoms with E-state index in [1.165, 1.54) is 6.33 Å². The molecule has 1 aromatic carbocycles. The number of furan rings is 1. The first-order chi connectivity index (χ1) is 13.1. The van der Waals surface area contributed by atoms with Gasteiger partial charge in [0.1, 0.15) is 23.0 Å². The zero-order chi connectivity index (χ0) is 20.1. The smallest absolute Gasteiger partial charge is 0.408 e. The molecule has 0 saturated carbocycles. The van der Waals surface area contributed by atoms with Crippen LogP contribution in [-0.2, 0) is 4.74 Å². The third-order valence-electron chi connectivity index (χ3n) is 4.77. The predicted octanol–water partition coefficient (Wildman–Crippen LogP) is 4.52. The zero-order valence-corrected chi connectivity index (χ0v) is 17.1. The van der Waals surface area contributed by atoms with Gasteiger partial charge >= 0.3 is 6.09 Å². The van der Waals surface area contributed by atoms with Gasteiger partial charge in [0.25, 0.3) is 0 Å². The highest BCUT2D eigenvalue weighted by atomic mass is 35.5. The number of carbonyl (C=O) groups is 1. The van der Waals surface area contributed by atoms with Crippen molar-refractivity contribution in [2.45, 2.75) is 45.3 Å². The molecular weight excluding hydrogens is 380 g/mol. The lowest BCUT2D eigenvalue weighted by Crippen LogP contribution is -2.49. The molecule has 2 aromatic heterocycles. The molecule has 28 heavy (non-hydrogen) atoms. The third kappa shape index (κ3) is 3.58. The molecule has 7 nitrogen and oxygen atoms in total. The number of alkyl carbamates (subject to hydrolysis) is 1. The summed E-state index contributed by atoms with van der Waals surface area (Å²) in [5.74, 6) is 0.715. The fraction of sp³-hybridized carbons (Fsp3) is 0.450. The third-order valence-corrected chi connectivity index (χ3v) is 5.00. The summed E-state index contributed by atoms with van der Waals surface area (Å²) < 4.78 is 11.4. The van der Waals surface area contributed by atoms with Crippen molar-refractivity contribution in [3.05, 3.63) is 29.5 Å². The fourth-order valence-electron chi connectivity index (χ4n) is 3.56. The van der Waals surface area contributed by atoms with Gasteiger partial charge in [0.2, 0.25) is 0 Å². The zero-order valence-electron chi connectivity index (χ0n) is 16.4. The SMILES string of the molecule is CC1(NC(=O)OC(C)(C)C)CCN(c2ncnc3c2oc2ccc(Cl)cc23)C1. The molecule has 1 N–H and O–H groups in total. The van der Waals surface area contributed by atoms with E-state index in [1.54, 1.807) is 6.07 Å². The number of hydrogen-bond acceptors (Lipinski definition) is 6. The van der Waals surface area contributed by atoms with E-state index in [2.05, 4.69) is 20.2 Å². The van der Waals surface area contributed by atoms with Crippen LogP contribution in [0.5, 0.6) is 0 Å². The van der Waals surface area contributed by atoms with Crippen LogP contribution in [0.4, 0.5) is 10.6 Å². The Labute approximate surface area is 168 Å². The lowest BCUT2D eigenvalue weighted by molar-refractivity contribution is 0.0473. The number of ether oxygens (including phenoxy) is 1. The van der Waals surface area contributed by atoms with E-state index in [-0.39, 0.29) is 0 Å². The van der Waals surface area contributed by atoms with Crippen molar-refractivity contribution in [3.8, 4) is 0 Å². The summed E-state index contributed by atoms with van der Waals surface area (Å²) in [6.07, 6.45) is 1.89. The van der Waals surface area contributed by atoms with Crippen molar-refractivity contribution in [1.29, 1.82) is 0 Å². The number of carbonyl (C=O) groups excluding carboxylic acids is 1. The van der Waals surface area contributed by atoms with E-state index in [0.29, 0.717) is 23.0 Å². The van der Waals surface area contributed by atoms with Crippen LogP contribution in [0.15, 0.2) is 28.9 Å². The number of nitrogens with zero attached hydrogens (tertiary/aromatic N) is 3. The summed E-state index contributed by atoms with van der Waals surface area (Å²) in [6, 6.07) is 5.47. The molecule has 3 aromatic rings. The average Bonchev–Trinajstić information content (AvgIpc) is 3.13. The van der Waals surface area contributed by atoms with E-state index in [1.807, 2.05) is 39.8 Å². The molecule has 1 fully saturated rings. The molecule has 1 saturated heterocycles. The number of hydrogen-bond donors (Lipinski definition) is 1. The molecule has 0 radical (unpaired) electrons. The molecular formula is C20H23ClN4O3. The molecule has 1 unspecified atom stereocenters. The number of halogens is 1. The molecule has 0 spiro atoms. The van der Waals surface area contributed by atoms with E-state index < -0.39 is 17.2 Å². The van der Waals surface area contributed by atoms with Gasteiger partial charge in [-0.1, -0.05) is 11.6 Å². The van der Waals surface area contributed by atoms with Crippen LogP contribution in [0.3, 0.4) is 0 Å². The van der Waals surface area contributed by atoms with Gasteiger partial charge in [-0.05, 0) is 52.3 Å². The Morgan fingerprint density at radius 1 is 1.36 bits per heavy atom. The van der Waals surface area contributed by atoms with Crippen molar-refractivity contribution >= 4 is 45.6 Å². The van der Waals surface area contributed by atoms with E-state index in [9.17, 15) is 4.79 Å². The number of amides is 1. The van der Waals surface area contributed by atoms with Crippen LogP contribution in [0.25, 0.3) is 22.1 Å². The van der Waals surface area contributed by atoms with Gasteiger partial charge in [0.05, 0.1) is 5.54 Å². The average molecular weight is 403 g/mol. The molecule has 0 aliphatic carbocycles. The summed E-state index contributed by atoms with van der Waals surface area (Å²) in [5.41, 5.74) is 1.12. The van der Waals surface area contributed by atoms with Crippen LogP contribution < -0.4 is 10.2 Å². The topological polar surface area (TPSA) is 80.5 Å². The monoisotopic (exact) mass is 402 g/mol. The van der Waals surface area contributed by atoms with Crippen molar-refractivity contribution in [2.75, 3.05) is 18.0 Å². The molecule has 1 aliphatic rings. The summed E-state index contributed by atoms with van der Waals surface area (Å²) in [4.78, 5) is 23.2. The van der Waals surface area contributed by atoms with Gasteiger partial charge in [0.15, 0.2) is 11.4 Å². The molecule has 1 atom stereocenters. The Balaban J connectivity index is 1.61. The Morgan fingerprint density at radius 3 is 2.89 bits per heavy atom. The lowest BCUT2D eigenvalue weighted by atomic mass is 10.0. The quantitative estimate of drug-likeness (QED) is 0.678. The van der Waals surface area contributed by atoms with Crippen molar-refractivity contribution < 1.29 is 13.9 Å². The summed E-state index contributed by atoms with van der Waals surface area (Å²) in [7, 11) is 0. The maximum absolute atomic E-state index is 12.2. The molecule has 0 bridgehead atoms. The van der Waals surface area contributed by atoms with Gasteiger partial charge < -0.3 is 19.4 Å². The lowest BCUT2D eigenvalue weighted by Gasteiger charge is -2.28. The second-order valence-corrected chi connectivity index (χ2v) is 8.91. The minimum atomic E-state index is -0.535. The summed E-state index contributed by atoms with van der Waals surface area (Å²) >= 11 is 6.13. The van der Waals surface area contributed by atoms with E-state index in [0.717, 1.165) is 29.5 Å². The number of anilines is 1. The molecule has 1 amide bonds. The van der Waals surface area contributed by atoms with Gasteiger partial charge in [-0.2, -0.15) is 0 Å². The number of nitrogens with one attached hydrogen (secondary N) is 1. The maximum atomic E-state index is 12.2. The van der Waals surface area contributed by atoms with Crippen molar-refractivity contribution in [1.82, 2.24) is 15.3 Å². The Morgan fingerprint density at radius 2 is 2.14 bits per heavy atom. The van der Waals surface area contributed by atoms with Crippen LogP contribution in [0.2, 0.25) is 5.02 Å². The highest BCUT2D eigenvalue weighted by molar-refractivity contribution is 6.31. The van der Waals surface area contributed by atoms with E-state index >= 15 is 0 Å². The minimum absolute atomic E-state index is 0.414. The first-order valence-corrected chi connectivity index (χ1v) is 9.60. The molecule has 3 heterocycles. The van der Waals surface area contributed by atoms with E-state index in [4.69, 9.17) is 20.8 Å². The molecule has 8 heteroatoms. The van der Waals surface area contributed by atoms with Crippen LogP contribution >= 0.6 is 11.6 Å². The Kier molecular flexibility index (Phi) is 4.38. The summed E-state index contributed by atoms with van der Waals surface area (Å²) in [6.45, 7) is 8.88. The van der Waals surface area contributed by atoms with Crippen molar-refractivity contribution in [3.63, 3.8) is 0 Å². The summed E-state index contributed by atoms with van der Waals surface area (Å²) in [5, 5.41) is 4.49. The molecule has 148 valence electrons. The largest absolute Gasteiger partial charge is 0.450 e. The maximum Gasteiger partial charge on any atom is 0.408 e. The first kappa shape index (κ1) is 18.8. The van der Waals surface area contributed by atoms with Gasteiger partial charge in [-0.15, -0.1) is 0 Å². The van der Waals surface area contributed by atoms with Gasteiger partial charge in [0, 0.05) is 23.5 Å². The first-order valence-electron chi connectivity index (χ1n) is 9.22. The second kappa shape index (κ2) is 6.51. The Bertz CT molecular complexity index is 1060. The minimum Gasteiger partial charge on any atom is -0.450 e. The van der Waals surface area contributed by atoms with Gasteiger partial charge in [-0.25, -0.2) is 14.8 Å². The number of fused-ring (bicyclic) bond motifs is 3. The van der Waals surface area contributed by atoms with Crippen LogP contribution in [-0.4, -0.2) is 40.3 Å². The Hall–Kier alpha value is -2.54. The normalized spacial score (nSPS) is 20.1. The van der Waals surface area contributed by atoms with Crippen LogP contribution in [0.1, 0.15) is 34.1 Å². The number of aromatic nitrogens is 2. The fourth-order valence-corrected chi connectivity index (χ4v) is 3.73. The second-order valence-electron chi connectivity index (χ2n) is 8.48. The van der Waals surface area contributed by atoms with Crippen LogP contribution in [0, 0.1) is 0 Å². The predicted molar refractivity (Wildman–Crippen MR) is 109 cm³/mol. The highest BCUT2D eigenvalue weighted by Gasteiger charge is 2.38.